The summed E-state index contributed by atoms with van der Waals surface area (Å²) < 4.78 is 0. The summed E-state index contributed by atoms with van der Waals surface area (Å²) in [5.74, 6) is 0.227. The molecular weight excluding hydrogens is 244 g/mol. The van der Waals surface area contributed by atoms with Crippen LogP contribution in [0.2, 0.25) is 0 Å². The minimum atomic E-state index is -1.30. The van der Waals surface area contributed by atoms with Crippen molar-refractivity contribution in [1.82, 2.24) is 0 Å². The van der Waals surface area contributed by atoms with E-state index in [4.69, 9.17) is 0 Å². The monoisotopic (exact) mass is 276 g/mol. The van der Waals surface area contributed by atoms with Crippen LogP contribution >= 0.6 is 0 Å². The second-order valence-electron chi connectivity index (χ2n) is 6.86. The van der Waals surface area contributed by atoms with Crippen molar-refractivity contribution >= 4 is 0 Å². The average Bonchev–Trinajstić information content (AvgIpc) is 2.25. The Kier molecular flexibility index (Phi) is 8.13. The molecule has 0 radical (unpaired) electrons. The Morgan fingerprint density at radius 2 is 1.37 bits per heavy atom. The molecule has 0 aliphatic heterocycles. The van der Waals surface area contributed by atoms with Crippen LogP contribution in [0.15, 0.2) is 0 Å². The van der Waals surface area contributed by atoms with Crippen molar-refractivity contribution in [2.24, 2.45) is 11.3 Å². The molecule has 0 aromatic carbocycles. The van der Waals surface area contributed by atoms with Crippen molar-refractivity contribution in [3.63, 3.8) is 0 Å². The highest BCUT2D eigenvalue weighted by molar-refractivity contribution is 4.84. The third-order valence-electron chi connectivity index (χ3n) is 3.54. The lowest BCUT2D eigenvalue weighted by atomic mass is 9.80. The van der Waals surface area contributed by atoms with Crippen molar-refractivity contribution in [3.8, 4) is 0 Å². The smallest absolute Gasteiger partial charge is 0.108 e. The maximum atomic E-state index is 10.0. The van der Waals surface area contributed by atoms with Crippen LogP contribution in [0.25, 0.3) is 0 Å². The highest BCUT2D eigenvalue weighted by atomic mass is 16.4. The van der Waals surface area contributed by atoms with Crippen LogP contribution in [-0.2, 0) is 0 Å². The molecule has 19 heavy (non-hydrogen) atoms. The molecule has 0 saturated heterocycles. The molecule has 0 aromatic heterocycles. The summed E-state index contributed by atoms with van der Waals surface area (Å²) in [6.45, 7) is 10.0. The number of rotatable bonds is 9. The van der Waals surface area contributed by atoms with Gasteiger partial charge in [-0.2, -0.15) is 0 Å². The molecule has 0 spiro atoms. The summed E-state index contributed by atoms with van der Waals surface area (Å²) in [6, 6.07) is 0. The van der Waals surface area contributed by atoms with Gasteiger partial charge < -0.3 is 20.4 Å². The van der Waals surface area contributed by atoms with Gasteiger partial charge in [-0.05, 0) is 30.6 Å². The zero-order valence-electron chi connectivity index (χ0n) is 13.0. The van der Waals surface area contributed by atoms with E-state index in [1.54, 1.807) is 0 Å². The van der Waals surface area contributed by atoms with Gasteiger partial charge in [-0.25, -0.2) is 0 Å². The van der Waals surface area contributed by atoms with E-state index < -0.39 is 24.4 Å². The molecule has 0 saturated carbocycles. The summed E-state index contributed by atoms with van der Waals surface area (Å²) >= 11 is 0. The maximum Gasteiger partial charge on any atom is 0.108 e. The van der Waals surface area contributed by atoms with E-state index in [0.717, 1.165) is 12.8 Å². The summed E-state index contributed by atoms with van der Waals surface area (Å²) in [6.07, 6.45) is -1.84. The fourth-order valence-electron chi connectivity index (χ4n) is 2.54. The van der Waals surface area contributed by atoms with E-state index in [0.29, 0.717) is 12.8 Å². The lowest BCUT2D eigenvalue weighted by Gasteiger charge is -2.32. The molecule has 4 N–H and O–H groups in total. The second-order valence-corrected chi connectivity index (χ2v) is 6.86. The van der Waals surface area contributed by atoms with Gasteiger partial charge in [-0.3, -0.25) is 0 Å². The van der Waals surface area contributed by atoms with E-state index in [1.807, 2.05) is 27.7 Å². The number of aliphatic hydroxyl groups excluding tert-OH is 4. The number of hydrogen-bond donors (Lipinski definition) is 4. The second kappa shape index (κ2) is 8.20. The van der Waals surface area contributed by atoms with Gasteiger partial charge in [-0.1, -0.05) is 41.0 Å². The van der Waals surface area contributed by atoms with Crippen LogP contribution in [0, 0.1) is 11.3 Å². The predicted molar refractivity (Wildman–Crippen MR) is 76.8 cm³/mol. The minimum absolute atomic E-state index is 0.0854. The maximum absolute atomic E-state index is 10.0. The molecule has 0 fully saturated rings. The minimum Gasteiger partial charge on any atom is -0.390 e. The molecule has 0 aromatic rings. The average molecular weight is 276 g/mol. The predicted octanol–water partition coefficient (Wildman–Crippen LogP) is 1.69. The third-order valence-corrected chi connectivity index (χ3v) is 3.54. The number of aliphatic hydroxyl groups is 4. The van der Waals surface area contributed by atoms with Crippen LogP contribution in [0.3, 0.4) is 0 Å². The van der Waals surface area contributed by atoms with Gasteiger partial charge in [0.25, 0.3) is 0 Å². The Bertz CT molecular complexity index is 240. The van der Waals surface area contributed by atoms with E-state index in [9.17, 15) is 20.4 Å². The van der Waals surface area contributed by atoms with Gasteiger partial charge in [0, 0.05) is 0 Å². The van der Waals surface area contributed by atoms with Gasteiger partial charge in [0.1, 0.15) is 12.2 Å². The molecule has 0 aliphatic rings. The standard InChI is InChI=1S/C15H32O4/c1-6-7-15(4,5)9-12(17)14(19)13(18)11(16)8-10(2)3/h10-14,16-19H,6-9H2,1-5H3. The molecule has 0 aliphatic carbocycles. The highest BCUT2D eigenvalue weighted by Crippen LogP contribution is 2.29. The van der Waals surface area contributed by atoms with E-state index in [2.05, 4.69) is 6.92 Å². The first-order chi connectivity index (χ1) is 8.60. The Morgan fingerprint density at radius 1 is 0.895 bits per heavy atom. The molecule has 0 bridgehead atoms. The first-order valence-electron chi connectivity index (χ1n) is 7.33. The van der Waals surface area contributed by atoms with Crippen LogP contribution in [0.1, 0.15) is 60.3 Å². The summed E-state index contributed by atoms with van der Waals surface area (Å²) in [5.41, 5.74) is -0.0854. The summed E-state index contributed by atoms with van der Waals surface area (Å²) in [5, 5.41) is 39.6. The van der Waals surface area contributed by atoms with Crippen LogP contribution in [0.4, 0.5) is 0 Å². The topological polar surface area (TPSA) is 80.9 Å². The molecule has 0 heterocycles. The Labute approximate surface area is 117 Å². The molecule has 0 rings (SSSR count). The first-order valence-corrected chi connectivity index (χ1v) is 7.33. The van der Waals surface area contributed by atoms with Crippen molar-refractivity contribution in [1.29, 1.82) is 0 Å². The molecular formula is C15H32O4. The molecule has 4 nitrogen and oxygen atoms in total. The summed E-state index contributed by atoms with van der Waals surface area (Å²) in [4.78, 5) is 0. The zero-order chi connectivity index (χ0) is 15.2. The van der Waals surface area contributed by atoms with Gasteiger partial charge in [-0.15, -0.1) is 0 Å². The first kappa shape index (κ1) is 18.8. The molecule has 4 heteroatoms. The fraction of sp³-hybridized carbons (Fsp3) is 1.00. The van der Waals surface area contributed by atoms with Gasteiger partial charge >= 0.3 is 0 Å². The van der Waals surface area contributed by atoms with Crippen LogP contribution < -0.4 is 0 Å². The summed E-state index contributed by atoms with van der Waals surface area (Å²) in [7, 11) is 0. The van der Waals surface area contributed by atoms with Crippen molar-refractivity contribution < 1.29 is 20.4 Å². The van der Waals surface area contributed by atoms with Crippen molar-refractivity contribution in [2.45, 2.75) is 84.7 Å². The lowest BCUT2D eigenvalue weighted by Crippen LogP contribution is -2.46. The van der Waals surface area contributed by atoms with Crippen molar-refractivity contribution in [3.05, 3.63) is 0 Å². The van der Waals surface area contributed by atoms with Gasteiger partial charge in [0.15, 0.2) is 0 Å². The SMILES string of the molecule is CCCC(C)(C)CC(O)C(O)C(O)C(O)CC(C)C. The normalized spacial score (nSPS) is 19.3. The zero-order valence-corrected chi connectivity index (χ0v) is 13.0. The largest absolute Gasteiger partial charge is 0.390 e. The Hall–Kier alpha value is -0.160. The van der Waals surface area contributed by atoms with E-state index >= 15 is 0 Å². The lowest BCUT2D eigenvalue weighted by molar-refractivity contribution is -0.116. The quantitative estimate of drug-likeness (QED) is 0.516. The Morgan fingerprint density at radius 3 is 1.79 bits per heavy atom. The highest BCUT2D eigenvalue weighted by Gasteiger charge is 2.33. The Balaban J connectivity index is 4.42. The third kappa shape index (κ3) is 7.25. The molecule has 0 amide bonds. The van der Waals surface area contributed by atoms with Crippen molar-refractivity contribution in [2.75, 3.05) is 0 Å². The molecule has 4 unspecified atom stereocenters. The molecule has 116 valence electrons. The van der Waals surface area contributed by atoms with Crippen LogP contribution in [-0.4, -0.2) is 44.8 Å². The fourth-order valence-corrected chi connectivity index (χ4v) is 2.54. The van der Waals surface area contributed by atoms with E-state index in [-0.39, 0.29) is 11.3 Å². The molecule has 4 atom stereocenters. The van der Waals surface area contributed by atoms with Gasteiger partial charge in [0.05, 0.1) is 12.2 Å². The van der Waals surface area contributed by atoms with Gasteiger partial charge in [0.2, 0.25) is 0 Å². The van der Waals surface area contributed by atoms with Crippen LogP contribution in [0.5, 0.6) is 0 Å². The van der Waals surface area contributed by atoms with E-state index in [1.165, 1.54) is 0 Å². The number of hydrogen-bond acceptors (Lipinski definition) is 4.